The summed E-state index contributed by atoms with van der Waals surface area (Å²) in [5.41, 5.74) is 0.927. The van der Waals surface area contributed by atoms with Gasteiger partial charge in [0.1, 0.15) is 5.62 Å². The van der Waals surface area contributed by atoms with Crippen molar-refractivity contribution in [3.05, 3.63) is 0 Å². The van der Waals surface area contributed by atoms with Gasteiger partial charge in [-0.05, 0) is 20.8 Å². The lowest BCUT2D eigenvalue weighted by Crippen LogP contribution is -3.00. The summed E-state index contributed by atoms with van der Waals surface area (Å²) < 4.78 is 0. The molecule has 0 fully saturated rings. The minimum atomic E-state index is -0.654. The zero-order valence-electron chi connectivity index (χ0n) is 7.03. The van der Waals surface area contributed by atoms with Crippen LogP contribution in [0.1, 0.15) is 20.8 Å². The van der Waals surface area contributed by atoms with E-state index in [9.17, 15) is 0 Å². The Balaban J connectivity index is 0. The lowest BCUT2D eigenvalue weighted by Gasteiger charge is -2.19. The Bertz CT molecular complexity index is 54.5. The van der Waals surface area contributed by atoms with Gasteiger partial charge in [0.05, 0.1) is 18.5 Å². The molecule has 0 aliphatic rings. The summed E-state index contributed by atoms with van der Waals surface area (Å²) in [7, 11) is -0.654. The van der Waals surface area contributed by atoms with E-state index in [2.05, 4.69) is 20.8 Å². The highest BCUT2D eigenvalue weighted by Gasteiger charge is 2.29. The molecule has 0 rings (SSSR count). The maximum atomic E-state index is 5.87. The number of hydrogen-bond acceptors (Lipinski definition) is 0. The van der Waals surface area contributed by atoms with Crippen molar-refractivity contribution in [3.63, 3.8) is 0 Å². The number of halogens is 2. The Hall–Kier alpha value is 1.01. The molecule has 0 nitrogen and oxygen atoms in total. The van der Waals surface area contributed by atoms with Crippen LogP contribution in [-0.2, 0) is 0 Å². The predicted octanol–water partition coefficient (Wildman–Crippen LogP) is 0.264. The molecule has 0 aliphatic heterocycles. The van der Waals surface area contributed by atoms with Crippen molar-refractivity contribution in [1.29, 1.82) is 0 Å². The number of hydrogen-bond donors (Lipinski definition) is 0. The molecule has 0 aliphatic carbocycles. The molecule has 0 atom stereocenters. The Kier molecular flexibility index (Phi) is 9.11. The molecule has 0 saturated carbocycles. The summed E-state index contributed by atoms with van der Waals surface area (Å²) in [5, 5.41) is 0. The summed E-state index contributed by atoms with van der Waals surface area (Å²) in [5.74, 6) is 0. The van der Waals surface area contributed by atoms with Gasteiger partial charge < -0.3 is 12.4 Å². The molecular formula is C7H17Cl2P. The fourth-order valence-electron chi connectivity index (χ4n) is 0.924. The Morgan fingerprint density at radius 1 is 1.00 bits per heavy atom. The van der Waals surface area contributed by atoms with Crippen molar-refractivity contribution < 1.29 is 12.4 Å². The van der Waals surface area contributed by atoms with E-state index in [4.69, 9.17) is 11.6 Å². The summed E-state index contributed by atoms with van der Waals surface area (Å²) in [6, 6.07) is 0. The predicted molar refractivity (Wildman–Crippen MR) is 49.3 cm³/mol. The molecule has 0 bridgehead atoms. The number of rotatable bonds is 4. The maximum absolute atomic E-state index is 5.87. The van der Waals surface area contributed by atoms with Crippen LogP contribution in [0.5, 0.6) is 0 Å². The average Bonchev–Trinajstić information content (AvgIpc) is 1.95. The number of alkyl halides is 1. The quantitative estimate of drug-likeness (QED) is 0.454. The lowest BCUT2D eigenvalue weighted by atomic mass is 10.9. The van der Waals surface area contributed by atoms with Gasteiger partial charge >= 0.3 is 0 Å². The van der Waals surface area contributed by atoms with Crippen molar-refractivity contribution in [3.8, 4) is 0 Å². The fourth-order valence-corrected chi connectivity index (χ4v) is 4.29. The molecule has 0 N–H and O–H groups in total. The van der Waals surface area contributed by atoms with Crippen LogP contribution in [0.2, 0.25) is 0 Å². The molecule has 0 aromatic rings. The molecule has 0 heterocycles. The van der Waals surface area contributed by atoms with Crippen molar-refractivity contribution in [2.45, 2.75) is 20.8 Å². The average molecular weight is 203 g/mol. The van der Waals surface area contributed by atoms with E-state index < -0.39 is 7.26 Å². The van der Waals surface area contributed by atoms with E-state index in [1.165, 1.54) is 18.5 Å². The van der Waals surface area contributed by atoms with Crippen LogP contribution < -0.4 is 12.4 Å². The normalized spacial score (nSPS) is 10.8. The van der Waals surface area contributed by atoms with Crippen LogP contribution in [0.15, 0.2) is 0 Å². The van der Waals surface area contributed by atoms with Crippen LogP contribution in [0.3, 0.4) is 0 Å². The molecule has 0 amide bonds. The van der Waals surface area contributed by atoms with Crippen molar-refractivity contribution in [1.82, 2.24) is 0 Å². The lowest BCUT2D eigenvalue weighted by molar-refractivity contribution is -0.00000209. The first-order valence-electron chi connectivity index (χ1n) is 3.65. The van der Waals surface area contributed by atoms with Crippen LogP contribution >= 0.6 is 18.9 Å². The van der Waals surface area contributed by atoms with Gasteiger partial charge in [-0.2, -0.15) is 0 Å². The highest BCUT2D eigenvalue weighted by atomic mass is 35.5. The van der Waals surface area contributed by atoms with Gasteiger partial charge in [-0.25, -0.2) is 0 Å². The third kappa shape index (κ3) is 3.42. The molecule has 3 heteroatoms. The van der Waals surface area contributed by atoms with Gasteiger partial charge in [-0.1, -0.05) is 11.6 Å². The van der Waals surface area contributed by atoms with Gasteiger partial charge in [0.25, 0.3) is 0 Å². The SMILES string of the molecule is CC[P+](CC)(CC)CCl.[Cl-]. The molecule has 64 valence electrons. The van der Waals surface area contributed by atoms with Crippen molar-refractivity contribution in [2.75, 3.05) is 24.1 Å². The third-order valence-corrected chi connectivity index (χ3v) is 8.32. The summed E-state index contributed by atoms with van der Waals surface area (Å²) in [6.45, 7) is 6.80. The van der Waals surface area contributed by atoms with E-state index in [1.54, 1.807) is 0 Å². The smallest absolute Gasteiger partial charge is 0.132 e. The molecule has 0 saturated heterocycles. The zero-order chi connectivity index (χ0) is 7.33. The van der Waals surface area contributed by atoms with E-state index in [0.717, 1.165) is 5.62 Å². The molecule has 0 aromatic carbocycles. The van der Waals surface area contributed by atoms with Crippen molar-refractivity contribution in [2.24, 2.45) is 0 Å². The summed E-state index contributed by atoms with van der Waals surface area (Å²) >= 11 is 5.87. The Labute approximate surface area is 76.5 Å². The topological polar surface area (TPSA) is 0 Å². The maximum Gasteiger partial charge on any atom is 0.132 e. The molecule has 10 heavy (non-hydrogen) atoms. The highest BCUT2D eigenvalue weighted by molar-refractivity contribution is 7.77. The van der Waals surface area contributed by atoms with Gasteiger partial charge in [0.2, 0.25) is 0 Å². The minimum absolute atomic E-state index is 0. The molecule has 0 unspecified atom stereocenters. The molecule has 0 spiro atoms. The van der Waals surface area contributed by atoms with E-state index in [0.29, 0.717) is 0 Å². The molecule has 0 radical (unpaired) electrons. The second-order valence-electron chi connectivity index (χ2n) is 2.41. The highest BCUT2D eigenvalue weighted by Crippen LogP contribution is 2.58. The van der Waals surface area contributed by atoms with Crippen molar-refractivity contribution >= 4 is 18.9 Å². The summed E-state index contributed by atoms with van der Waals surface area (Å²) in [6.07, 6.45) is 3.97. The first-order chi connectivity index (χ1) is 4.24. The van der Waals surface area contributed by atoms with Gasteiger partial charge in [-0.15, -0.1) is 0 Å². The first kappa shape index (κ1) is 13.6. The van der Waals surface area contributed by atoms with Crippen LogP contribution in [-0.4, -0.2) is 24.1 Å². The van der Waals surface area contributed by atoms with E-state index >= 15 is 0 Å². The largest absolute Gasteiger partial charge is 1.00 e. The van der Waals surface area contributed by atoms with E-state index in [1.807, 2.05) is 0 Å². The van der Waals surface area contributed by atoms with Crippen LogP contribution in [0, 0.1) is 0 Å². The monoisotopic (exact) mass is 202 g/mol. The van der Waals surface area contributed by atoms with E-state index in [-0.39, 0.29) is 12.4 Å². The molecule has 0 aromatic heterocycles. The summed E-state index contributed by atoms with van der Waals surface area (Å²) in [4.78, 5) is 0. The second-order valence-corrected chi connectivity index (χ2v) is 7.95. The van der Waals surface area contributed by atoms with Gasteiger partial charge in [0.15, 0.2) is 0 Å². The van der Waals surface area contributed by atoms with Gasteiger partial charge in [-0.3, -0.25) is 0 Å². The Morgan fingerprint density at radius 2 is 1.30 bits per heavy atom. The third-order valence-electron chi connectivity index (χ3n) is 2.27. The van der Waals surface area contributed by atoms with Gasteiger partial charge in [0, 0.05) is 7.26 Å². The van der Waals surface area contributed by atoms with Crippen LogP contribution in [0.25, 0.3) is 0 Å². The Morgan fingerprint density at radius 3 is 1.30 bits per heavy atom. The second kappa shape index (κ2) is 6.70. The fraction of sp³-hybridized carbons (Fsp3) is 1.00. The zero-order valence-corrected chi connectivity index (χ0v) is 9.44. The van der Waals surface area contributed by atoms with Crippen LogP contribution in [0.4, 0.5) is 0 Å². The first-order valence-corrected chi connectivity index (χ1v) is 6.72. The minimum Gasteiger partial charge on any atom is -1.00 e. The standard InChI is InChI=1S/C7H17ClP.ClH/c1-4-9(5-2,6-3)7-8;/h4-7H2,1-3H3;1H/q+1;/p-1. The molecular weight excluding hydrogens is 186 g/mol.